The van der Waals surface area contributed by atoms with E-state index in [0.29, 0.717) is 33.8 Å². The molecule has 0 radical (unpaired) electrons. The number of pyridine rings is 1. The monoisotopic (exact) mass is 384 g/mol. The van der Waals surface area contributed by atoms with Crippen LogP contribution in [-0.4, -0.2) is 20.4 Å². The van der Waals surface area contributed by atoms with Crippen molar-refractivity contribution in [2.24, 2.45) is 0 Å². The van der Waals surface area contributed by atoms with Crippen molar-refractivity contribution in [2.45, 2.75) is 20.8 Å². The fraction of sp³-hybridized carbons (Fsp3) is 0.130. The molecule has 4 aromatic rings. The molecule has 2 aromatic heterocycles. The first-order chi connectivity index (χ1) is 13.9. The van der Waals surface area contributed by atoms with Gasteiger partial charge in [0, 0.05) is 17.4 Å². The summed E-state index contributed by atoms with van der Waals surface area (Å²) in [5.74, 6) is 0.379. The number of nitrogens with one attached hydrogen (secondary N) is 1. The van der Waals surface area contributed by atoms with E-state index in [1.54, 1.807) is 54.1 Å². The van der Waals surface area contributed by atoms with Crippen LogP contribution < -0.4 is 10.9 Å². The molecule has 0 atom stereocenters. The third kappa shape index (κ3) is 3.65. The zero-order valence-corrected chi connectivity index (χ0v) is 16.4. The number of aryl methyl sites for hydroxylation is 3. The zero-order valence-electron chi connectivity index (χ0n) is 16.4. The van der Waals surface area contributed by atoms with Crippen LogP contribution in [0, 0.1) is 20.8 Å². The van der Waals surface area contributed by atoms with Gasteiger partial charge in [-0.05, 0) is 69.3 Å². The van der Waals surface area contributed by atoms with Crippen molar-refractivity contribution in [3.8, 4) is 5.69 Å². The van der Waals surface area contributed by atoms with Gasteiger partial charge in [0.15, 0.2) is 5.65 Å². The summed E-state index contributed by atoms with van der Waals surface area (Å²) >= 11 is 0. The number of hydrogen-bond acceptors (Lipinski definition) is 4. The van der Waals surface area contributed by atoms with Crippen molar-refractivity contribution in [2.75, 3.05) is 5.32 Å². The Kier molecular flexibility index (Phi) is 4.68. The van der Waals surface area contributed by atoms with Gasteiger partial charge in [0.2, 0.25) is 0 Å². The van der Waals surface area contributed by atoms with Gasteiger partial charge < -0.3 is 5.32 Å². The predicted octanol–water partition coefficient (Wildman–Crippen LogP) is 3.96. The normalized spacial score (nSPS) is 10.9. The van der Waals surface area contributed by atoms with Crippen molar-refractivity contribution >= 4 is 22.6 Å². The first-order valence-corrected chi connectivity index (χ1v) is 9.27. The van der Waals surface area contributed by atoms with E-state index >= 15 is 0 Å². The molecular weight excluding hydrogens is 364 g/mol. The Labute approximate surface area is 167 Å². The fourth-order valence-electron chi connectivity index (χ4n) is 3.43. The molecule has 29 heavy (non-hydrogen) atoms. The van der Waals surface area contributed by atoms with Crippen molar-refractivity contribution in [3.63, 3.8) is 0 Å². The quantitative estimate of drug-likeness (QED) is 0.580. The van der Waals surface area contributed by atoms with Crippen LogP contribution >= 0.6 is 0 Å². The van der Waals surface area contributed by atoms with Gasteiger partial charge in [0.1, 0.15) is 5.82 Å². The van der Waals surface area contributed by atoms with Crippen LogP contribution in [0.4, 0.5) is 5.69 Å². The lowest BCUT2D eigenvalue weighted by molar-refractivity contribution is 0.102. The molecule has 2 aromatic carbocycles. The average molecular weight is 384 g/mol. The molecule has 6 nitrogen and oxygen atoms in total. The number of hydrogen-bond donors (Lipinski definition) is 1. The van der Waals surface area contributed by atoms with E-state index in [9.17, 15) is 9.59 Å². The van der Waals surface area contributed by atoms with E-state index in [4.69, 9.17) is 0 Å². The van der Waals surface area contributed by atoms with Crippen LogP contribution in [0.1, 0.15) is 27.3 Å². The lowest BCUT2D eigenvalue weighted by Gasteiger charge is -2.12. The van der Waals surface area contributed by atoms with Crippen LogP contribution in [0.25, 0.3) is 16.7 Å². The molecule has 0 aliphatic carbocycles. The van der Waals surface area contributed by atoms with Gasteiger partial charge in [0.25, 0.3) is 11.5 Å². The number of anilines is 1. The summed E-state index contributed by atoms with van der Waals surface area (Å²) in [6, 6.07) is 16.3. The van der Waals surface area contributed by atoms with Crippen molar-refractivity contribution in [1.82, 2.24) is 14.5 Å². The summed E-state index contributed by atoms with van der Waals surface area (Å²) in [5, 5.41) is 3.36. The van der Waals surface area contributed by atoms with Gasteiger partial charge in [-0.2, -0.15) is 0 Å². The third-order valence-corrected chi connectivity index (χ3v) is 4.68. The SMILES string of the molecule is Cc1cc(C)cc(C(=O)Nc2ccc(-n3c(C)nc4ncccc4c3=O)cc2)c1. The van der Waals surface area contributed by atoms with Gasteiger partial charge in [-0.25, -0.2) is 9.97 Å². The molecular formula is C23H20N4O2. The van der Waals surface area contributed by atoms with Gasteiger partial charge in [-0.3, -0.25) is 14.2 Å². The number of aromatic nitrogens is 3. The van der Waals surface area contributed by atoms with E-state index in [0.717, 1.165) is 11.1 Å². The largest absolute Gasteiger partial charge is 0.322 e. The molecule has 0 fully saturated rings. The first-order valence-electron chi connectivity index (χ1n) is 9.27. The second kappa shape index (κ2) is 7.31. The molecule has 1 amide bonds. The van der Waals surface area contributed by atoms with E-state index in [-0.39, 0.29) is 11.5 Å². The number of rotatable bonds is 3. The zero-order chi connectivity index (χ0) is 20.5. The molecule has 0 saturated heterocycles. The number of amides is 1. The van der Waals surface area contributed by atoms with Crippen LogP contribution in [0.5, 0.6) is 0 Å². The Hall–Kier alpha value is -3.80. The molecule has 6 heteroatoms. The predicted molar refractivity (Wildman–Crippen MR) is 114 cm³/mol. The van der Waals surface area contributed by atoms with Crippen molar-refractivity contribution < 1.29 is 4.79 Å². The van der Waals surface area contributed by atoms with E-state index < -0.39 is 0 Å². The number of benzene rings is 2. The standard InChI is InChI=1S/C23H20N4O2/c1-14-11-15(2)13-17(12-14)22(28)26-18-6-8-19(9-7-18)27-16(3)25-21-20(23(27)29)5-4-10-24-21/h4-13H,1-3H3,(H,26,28). The minimum Gasteiger partial charge on any atom is -0.322 e. The highest BCUT2D eigenvalue weighted by molar-refractivity contribution is 6.04. The lowest BCUT2D eigenvalue weighted by Crippen LogP contribution is -2.22. The Morgan fingerprint density at radius 1 is 0.966 bits per heavy atom. The summed E-state index contributed by atoms with van der Waals surface area (Å²) in [6.07, 6.45) is 1.62. The highest BCUT2D eigenvalue weighted by atomic mass is 16.1. The highest BCUT2D eigenvalue weighted by Gasteiger charge is 2.11. The highest BCUT2D eigenvalue weighted by Crippen LogP contribution is 2.17. The fourth-order valence-corrected chi connectivity index (χ4v) is 3.43. The second-order valence-electron chi connectivity index (χ2n) is 7.05. The Morgan fingerprint density at radius 2 is 1.66 bits per heavy atom. The summed E-state index contributed by atoms with van der Waals surface area (Å²) < 4.78 is 1.54. The smallest absolute Gasteiger partial charge is 0.267 e. The number of nitrogens with zero attached hydrogens (tertiary/aromatic N) is 3. The summed E-state index contributed by atoms with van der Waals surface area (Å²) in [6.45, 7) is 5.70. The van der Waals surface area contributed by atoms with Crippen molar-refractivity contribution in [1.29, 1.82) is 0 Å². The van der Waals surface area contributed by atoms with Crippen molar-refractivity contribution in [3.05, 3.63) is 93.7 Å². The maximum atomic E-state index is 12.9. The van der Waals surface area contributed by atoms with E-state index in [1.165, 1.54) is 0 Å². The number of carbonyl (C=O) groups excluding carboxylic acids is 1. The van der Waals surface area contributed by atoms with Gasteiger partial charge in [-0.1, -0.05) is 17.2 Å². The summed E-state index contributed by atoms with van der Waals surface area (Å²) in [5.41, 5.74) is 4.28. The summed E-state index contributed by atoms with van der Waals surface area (Å²) in [4.78, 5) is 34.0. The van der Waals surface area contributed by atoms with Crippen LogP contribution in [0.15, 0.2) is 65.6 Å². The number of carbonyl (C=O) groups is 1. The Morgan fingerprint density at radius 3 is 2.34 bits per heavy atom. The molecule has 0 bridgehead atoms. The van der Waals surface area contributed by atoms with E-state index in [1.807, 2.05) is 32.0 Å². The number of fused-ring (bicyclic) bond motifs is 1. The molecule has 0 aliphatic heterocycles. The van der Waals surface area contributed by atoms with Crippen LogP contribution in [0.3, 0.4) is 0 Å². The maximum absolute atomic E-state index is 12.9. The van der Waals surface area contributed by atoms with Gasteiger partial charge >= 0.3 is 0 Å². The second-order valence-corrected chi connectivity index (χ2v) is 7.05. The van der Waals surface area contributed by atoms with E-state index in [2.05, 4.69) is 15.3 Å². The molecule has 0 saturated carbocycles. The van der Waals surface area contributed by atoms with Crippen LogP contribution in [-0.2, 0) is 0 Å². The third-order valence-electron chi connectivity index (χ3n) is 4.68. The molecule has 1 N–H and O–H groups in total. The molecule has 2 heterocycles. The summed E-state index contributed by atoms with van der Waals surface area (Å²) in [7, 11) is 0. The maximum Gasteiger partial charge on any atom is 0.267 e. The van der Waals surface area contributed by atoms with Gasteiger partial charge in [-0.15, -0.1) is 0 Å². The Balaban J connectivity index is 1.64. The Bertz CT molecular complexity index is 1270. The minimum absolute atomic E-state index is 0.170. The molecule has 0 unspecified atom stereocenters. The minimum atomic E-state index is -0.173. The molecule has 4 rings (SSSR count). The van der Waals surface area contributed by atoms with Gasteiger partial charge in [0.05, 0.1) is 11.1 Å². The molecule has 0 aliphatic rings. The first kappa shape index (κ1) is 18.6. The lowest BCUT2D eigenvalue weighted by atomic mass is 10.1. The molecule has 0 spiro atoms. The molecule has 144 valence electrons. The van der Waals surface area contributed by atoms with Crippen LogP contribution in [0.2, 0.25) is 0 Å². The average Bonchev–Trinajstić information content (AvgIpc) is 2.68. The topological polar surface area (TPSA) is 76.9 Å².